The third kappa shape index (κ3) is 7.33. The number of hydrogen-bond donors (Lipinski definition) is 1. The fourth-order valence-corrected chi connectivity index (χ4v) is 4.17. The minimum Gasteiger partial charge on any atom is -0.467 e. The fourth-order valence-electron chi connectivity index (χ4n) is 4.17. The summed E-state index contributed by atoms with van der Waals surface area (Å²) in [6.07, 6.45) is 3.81. The van der Waals surface area contributed by atoms with E-state index in [2.05, 4.69) is 15.1 Å². The van der Waals surface area contributed by atoms with Crippen LogP contribution in [-0.2, 0) is 25.5 Å². The van der Waals surface area contributed by atoms with Crippen LogP contribution in [0.1, 0.15) is 24.8 Å². The fraction of sp³-hybridized carbons (Fsp3) is 0.609. The highest BCUT2D eigenvalue weighted by atomic mass is 16.5. The van der Waals surface area contributed by atoms with Crippen molar-refractivity contribution in [3.8, 4) is 0 Å². The third-order valence-electron chi connectivity index (χ3n) is 6.00. The number of esters is 1. The molecule has 1 unspecified atom stereocenters. The number of nitrogens with zero attached hydrogens (tertiary/aromatic N) is 3. The molecule has 0 aliphatic carbocycles. The largest absolute Gasteiger partial charge is 0.467 e. The number of nitrogens with one attached hydrogen (secondary N) is 1. The maximum Gasteiger partial charge on any atom is 0.328 e. The van der Waals surface area contributed by atoms with Crippen LogP contribution in [0, 0.1) is 0 Å². The second-order valence-corrected chi connectivity index (χ2v) is 8.33. The molecule has 2 saturated heterocycles. The second kappa shape index (κ2) is 11.8. The van der Waals surface area contributed by atoms with Gasteiger partial charge < -0.3 is 15.0 Å². The Hall–Kier alpha value is -2.45. The monoisotopic (exact) mass is 430 g/mol. The summed E-state index contributed by atoms with van der Waals surface area (Å²) in [6.45, 7) is 5.42. The van der Waals surface area contributed by atoms with Gasteiger partial charge >= 0.3 is 5.97 Å². The lowest BCUT2D eigenvalue weighted by molar-refractivity contribution is -0.145. The van der Waals surface area contributed by atoms with Crippen molar-refractivity contribution >= 4 is 17.8 Å². The van der Waals surface area contributed by atoms with E-state index in [1.807, 2.05) is 35.2 Å². The lowest BCUT2D eigenvalue weighted by Crippen LogP contribution is -2.53. The Morgan fingerprint density at radius 2 is 1.52 bits per heavy atom. The summed E-state index contributed by atoms with van der Waals surface area (Å²) >= 11 is 0. The zero-order valence-corrected chi connectivity index (χ0v) is 18.4. The van der Waals surface area contributed by atoms with Gasteiger partial charge in [0.25, 0.3) is 0 Å². The Bertz CT molecular complexity index is 728. The number of carbonyl (C=O) groups excluding carboxylic acids is 3. The summed E-state index contributed by atoms with van der Waals surface area (Å²) in [7, 11) is 1.33. The predicted molar refractivity (Wildman–Crippen MR) is 117 cm³/mol. The van der Waals surface area contributed by atoms with Crippen molar-refractivity contribution in [2.24, 2.45) is 0 Å². The highest BCUT2D eigenvalue weighted by Gasteiger charge is 2.26. The minimum absolute atomic E-state index is 0.191. The zero-order valence-electron chi connectivity index (χ0n) is 18.4. The van der Waals surface area contributed by atoms with E-state index >= 15 is 0 Å². The van der Waals surface area contributed by atoms with Gasteiger partial charge in [-0.3, -0.25) is 19.4 Å². The molecule has 0 spiro atoms. The highest BCUT2D eigenvalue weighted by molar-refractivity contribution is 5.85. The highest BCUT2D eigenvalue weighted by Crippen LogP contribution is 2.10. The maximum absolute atomic E-state index is 12.6. The van der Waals surface area contributed by atoms with Gasteiger partial charge in [-0.2, -0.15) is 0 Å². The number of piperazine rings is 1. The quantitative estimate of drug-likeness (QED) is 0.606. The van der Waals surface area contributed by atoms with E-state index in [-0.39, 0.29) is 18.4 Å². The van der Waals surface area contributed by atoms with E-state index in [1.165, 1.54) is 13.5 Å². The molecule has 0 bridgehead atoms. The van der Waals surface area contributed by atoms with Crippen LogP contribution in [0.5, 0.6) is 0 Å². The first-order valence-electron chi connectivity index (χ1n) is 11.2. The van der Waals surface area contributed by atoms with Crippen LogP contribution in [0.3, 0.4) is 0 Å². The van der Waals surface area contributed by atoms with E-state index in [0.29, 0.717) is 13.0 Å². The maximum atomic E-state index is 12.6. The van der Waals surface area contributed by atoms with Crippen LogP contribution in [0.2, 0.25) is 0 Å². The van der Waals surface area contributed by atoms with E-state index in [9.17, 15) is 14.4 Å². The number of amides is 2. The van der Waals surface area contributed by atoms with Gasteiger partial charge in [-0.15, -0.1) is 0 Å². The SMILES string of the molecule is COC(=O)C(Cc1ccccc1)NC(=O)CN1CCN(CC(=O)N2CCCCC2)CC1. The Kier molecular flexibility index (Phi) is 8.85. The van der Waals surface area contributed by atoms with Gasteiger partial charge in [-0.05, 0) is 24.8 Å². The van der Waals surface area contributed by atoms with Crippen molar-refractivity contribution in [3.05, 3.63) is 35.9 Å². The molecule has 0 radical (unpaired) electrons. The van der Waals surface area contributed by atoms with E-state index in [4.69, 9.17) is 4.74 Å². The topological polar surface area (TPSA) is 82.2 Å². The second-order valence-electron chi connectivity index (χ2n) is 8.33. The number of hydrogen-bond acceptors (Lipinski definition) is 6. The van der Waals surface area contributed by atoms with Crippen molar-refractivity contribution in [1.82, 2.24) is 20.0 Å². The standard InChI is InChI=1S/C23H34N4O4/c1-31-23(30)20(16-19-8-4-2-5-9-19)24-21(28)17-25-12-14-26(15-13-25)18-22(29)27-10-6-3-7-11-27/h2,4-5,8-9,20H,3,6-7,10-18H2,1H3,(H,24,28). The molecule has 3 rings (SSSR count). The smallest absolute Gasteiger partial charge is 0.328 e. The Labute approximate surface area is 184 Å². The minimum atomic E-state index is -0.705. The molecule has 1 atom stereocenters. The van der Waals surface area contributed by atoms with Gasteiger partial charge in [0.1, 0.15) is 6.04 Å². The van der Waals surface area contributed by atoms with Gasteiger partial charge in [0.05, 0.1) is 20.2 Å². The molecule has 170 valence electrons. The first kappa shape index (κ1) is 23.2. The first-order valence-corrected chi connectivity index (χ1v) is 11.2. The van der Waals surface area contributed by atoms with Gasteiger partial charge in [0, 0.05) is 45.7 Å². The van der Waals surface area contributed by atoms with Crippen LogP contribution in [0.25, 0.3) is 0 Å². The van der Waals surface area contributed by atoms with Crippen molar-refractivity contribution in [1.29, 1.82) is 0 Å². The number of piperidine rings is 1. The van der Waals surface area contributed by atoms with Crippen molar-refractivity contribution in [2.45, 2.75) is 31.7 Å². The molecule has 8 heteroatoms. The summed E-state index contributed by atoms with van der Waals surface area (Å²) in [5.74, 6) is -0.421. The third-order valence-corrected chi connectivity index (χ3v) is 6.00. The van der Waals surface area contributed by atoms with E-state index in [0.717, 1.165) is 57.7 Å². The first-order chi connectivity index (χ1) is 15.0. The molecule has 1 N–H and O–H groups in total. The number of likely N-dealkylation sites (tertiary alicyclic amines) is 1. The normalized spacial score (nSPS) is 18.9. The number of ether oxygens (including phenoxy) is 1. The molecule has 31 heavy (non-hydrogen) atoms. The molecule has 0 saturated carbocycles. The van der Waals surface area contributed by atoms with Crippen LogP contribution >= 0.6 is 0 Å². The van der Waals surface area contributed by atoms with Crippen LogP contribution in [-0.4, -0.2) is 98.0 Å². The van der Waals surface area contributed by atoms with E-state index < -0.39 is 12.0 Å². The molecule has 1 aromatic rings. The summed E-state index contributed by atoms with van der Waals surface area (Å²) in [6, 6.07) is 8.86. The Balaban J connectivity index is 1.41. The molecule has 2 fully saturated rings. The number of benzene rings is 1. The van der Waals surface area contributed by atoms with Gasteiger partial charge in [0.15, 0.2) is 0 Å². The summed E-state index contributed by atoms with van der Waals surface area (Å²) in [5, 5.41) is 2.82. The lowest BCUT2D eigenvalue weighted by atomic mass is 10.1. The molecular weight excluding hydrogens is 396 g/mol. The Morgan fingerprint density at radius 3 is 2.13 bits per heavy atom. The van der Waals surface area contributed by atoms with Gasteiger partial charge in [0.2, 0.25) is 11.8 Å². The molecule has 2 amide bonds. The summed E-state index contributed by atoms with van der Waals surface area (Å²) < 4.78 is 4.87. The van der Waals surface area contributed by atoms with Crippen LogP contribution in [0.4, 0.5) is 0 Å². The zero-order chi connectivity index (χ0) is 22.1. The molecule has 8 nitrogen and oxygen atoms in total. The van der Waals surface area contributed by atoms with Crippen molar-refractivity contribution in [3.63, 3.8) is 0 Å². The van der Waals surface area contributed by atoms with Gasteiger partial charge in [-0.25, -0.2) is 4.79 Å². The van der Waals surface area contributed by atoms with Crippen molar-refractivity contribution in [2.75, 3.05) is 59.5 Å². The lowest BCUT2D eigenvalue weighted by Gasteiger charge is -2.35. The van der Waals surface area contributed by atoms with Crippen LogP contribution < -0.4 is 5.32 Å². The average molecular weight is 431 g/mol. The molecular formula is C23H34N4O4. The summed E-state index contributed by atoms with van der Waals surface area (Å²) in [4.78, 5) is 43.3. The number of rotatable bonds is 8. The van der Waals surface area contributed by atoms with Crippen molar-refractivity contribution < 1.29 is 19.1 Å². The van der Waals surface area contributed by atoms with Gasteiger partial charge in [-0.1, -0.05) is 30.3 Å². The number of carbonyl (C=O) groups is 3. The van der Waals surface area contributed by atoms with E-state index in [1.54, 1.807) is 0 Å². The molecule has 2 heterocycles. The average Bonchev–Trinajstić information content (AvgIpc) is 2.80. The molecule has 2 aliphatic heterocycles. The Morgan fingerprint density at radius 1 is 0.903 bits per heavy atom. The van der Waals surface area contributed by atoms with Crippen LogP contribution in [0.15, 0.2) is 30.3 Å². The number of methoxy groups -OCH3 is 1. The summed E-state index contributed by atoms with van der Waals surface area (Å²) in [5.41, 5.74) is 0.963. The molecule has 1 aromatic carbocycles. The molecule has 2 aliphatic rings. The predicted octanol–water partition coefficient (Wildman–Crippen LogP) is 0.517. The molecule has 0 aromatic heterocycles.